The first kappa shape index (κ1) is 12.6. The van der Waals surface area contributed by atoms with Crippen molar-refractivity contribution in [2.75, 3.05) is 5.73 Å². The van der Waals surface area contributed by atoms with E-state index >= 15 is 0 Å². The highest BCUT2D eigenvalue weighted by Gasteiger charge is 2.11. The van der Waals surface area contributed by atoms with Crippen molar-refractivity contribution in [3.63, 3.8) is 0 Å². The molecule has 96 valence electrons. The highest BCUT2D eigenvalue weighted by atomic mass is 32.2. The maximum Gasteiger partial charge on any atom is 0.238 e. The summed E-state index contributed by atoms with van der Waals surface area (Å²) in [5.74, 6) is 0. The van der Waals surface area contributed by atoms with Gasteiger partial charge in [0, 0.05) is 0 Å². The second-order valence-corrected chi connectivity index (χ2v) is 5.60. The minimum atomic E-state index is -3.67. The molecule has 0 bridgehead atoms. The van der Waals surface area contributed by atoms with E-state index in [2.05, 4.69) is 5.10 Å². The summed E-state index contributed by atoms with van der Waals surface area (Å²) in [6.45, 7) is 3.67. The van der Waals surface area contributed by atoms with E-state index in [1.807, 2.05) is 13.8 Å². The summed E-state index contributed by atoms with van der Waals surface area (Å²) in [6.07, 6.45) is 0. The van der Waals surface area contributed by atoms with Crippen LogP contribution in [0.3, 0.4) is 0 Å². The van der Waals surface area contributed by atoms with Crippen LogP contribution >= 0.6 is 0 Å². The first-order chi connectivity index (χ1) is 8.30. The zero-order valence-electron chi connectivity index (χ0n) is 10.1. The molecule has 4 N–H and O–H groups in total. The predicted molar refractivity (Wildman–Crippen MR) is 68.8 cm³/mol. The minimum absolute atomic E-state index is 0.0701. The quantitative estimate of drug-likeness (QED) is 0.835. The molecule has 0 saturated heterocycles. The van der Waals surface area contributed by atoms with Gasteiger partial charge in [-0.3, -0.25) is 0 Å². The first-order valence-corrected chi connectivity index (χ1v) is 6.80. The summed E-state index contributed by atoms with van der Waals surface area (Å²) < 4.78 is 23.9. The van der Waals surface area contributed by atoms with E-state index in [0.29, 0.717) is 5.69 Å². The molecule has 1 aromatic carbocycles. The van der Waals surface area contributed by atoms with Gasteiger partial charge >= 0.3 is 0 Å². The van der Waals surface area contributed by atoms with Crippen LogP contribution < -0.4 is 10.9 Å². The van der Waals surface area contributed by atoms with Crippen LogP contribution in [0.1, 0.15) is 11.4 Å². The van der Waals surface area contributed by atoms with Crippen molar-refractivity contribution < 1.29 is 8.42 Å². The summed E-state index contributed by atoms with van der Waals surface area (Å²) in [6, 6.07) is 6.16. The number of sulfonamides is 1. The summed E-state index contributed by atoms with van der Waals surface area (Å²) in [5, 5.41) is 9.32. The number of hydrogen-bond acceptors (Lipinski definition) is 4. The van der Waals surface area contributed by atoms with Gasteiger partial charge in [-0.1, -0.05) is 0 Å². The summed E-state index contributed by atoms with van der Waals surface area (Å²) in [4.78, 5) is 0.0701. The summed E-state index contributed by atoms with van der Waals surface area (Å²) in [5.41, 5.74) is 8.76. The molecule has 0 aliphatic carbocycles. The molecule has 2 aromatic rings. The second-order valence-electron chi connectivity index (χ2n) is 4.04. The van der Waals surface area contributed by atoms with Crippen molar-refractivity contribution >= 4 is 15.7 Å². The fraction of sp³-hybridized carbons (Fsp3) is 0.182. The molecular formula is C11H14N4O2S. The third kappa shape index (κ3) is 2.09. The second kappa shape index (κ2) is 4.11. The molecule has 0 amide bonds. The third-order valence-electron chi connectivity index (χ3n) is 2.76. The van der Waals surface area contributed by atoms with E-state index in [1.54, 1.807) is 16.8 Å². The summed E-state index contributed by atoms with van der Waals surface area (Å²) >= 11 is 0. The third-order valence-corrected chi connectivity index (χ3v) is 3.69. The molecule has 18 heavy (non-hydrogen) atoms. The van der Waals surface area contributed by atoms with Gasteiger partial charge in [-0.05, 0) is 38.1 Å². The van der Waals surface area contributed by atoms with Gasteiger partial charge < -0.3 is 5.73 Å². The van der Waals surface area contributed by atoms with Crippen molar-refractivity contribution in [1.29, 1.82) is 0 Å². The highest BCUT2D eigenvalue weighted by Crippen LogP contribution is 2.20. The van der Waals surface area contributed by atoms with Crippen LogP contribution in [0.5, 0.6) is 0 Å². The molecule has 0 radical (unpaired) electrons. The average Bonchev–Trinajstić information content (AvgIpc) is 2.56. The predicted octanol–water partition coefficient (Wildman–Crippen LogP) is 0.719. The first-order valence-electron chi connectivity index (χ1n) is 5.25. The molecular weight excluding hydrogens is 252 g/mol. The maximum atomic E-state index is 11.1. The minimum Gasteiger partial charge on any atom is -0.396 e. The molecule has 1 heterocycles. The average molecular weight is 266 g/mol. The number of aryl methyl sites for hydroxylation is 1. The van der Waals surface area contributed by atoms with Gasteiger partial charge in [-0.25, -0.2) is 18.2 Å². The molecule has 0 spiro atoms. The van der Waals surface area contributed by atoms with Gasteiger partial charge in [0.2, 0.25) is 10.0 Å². The normalized spacial score (nSPS) is 11.7. The van der Waals surface area contributed by atoms with Gasteiger partial charge in [0.1, 0.15) is 0 Å². The molecule has 0 atom stereocenters. The lowest BCUT2D eigenvalue weighted by atomic mass is 10.3. The van der Waals surface area contributed by atoms with E-state index in [4.69, 9.17) is 10.9 Å². The lowest BCUT2D eigenvalue weighted by Gasteiger charge is -2.05. The Kier molecular flexibility index (Phi) is 2.88. The number of nitrogens with two attached hydrogens (primary N) is 2. The monoisotopic (exact) mass is 266 g/mol. The largest absolute Gasteiger partial charge is 0.396 e. The lowest BCUT2D eigenvalue weighted by molar-refractivity contribution is 0.598. The molecule has 7 heteroatoms. The van der Waals surface area contributed by atoms with Crippen LogP contribution in [-0.4, -0.2) is 18.2 Å². The molecule has 0 fully saturated rings. The number of nitrogen functional groups attached to an aromatic ring is 1. The molecule has 0 saturated carbocycles. The van der Waals surface area contributed by atoms with Gasteiger partial charge in [-0.15, -0.1) is 0 Å². The smallest absolute Gasteiger partial charge is 0.238 e. The number of nitrogens with zero attached hydrogens (tertiary/aromatic N) is 2. The van der Waals surface area contributed by atoms with Gasteiger partial charge in [-0.2, -0.15) is 5.10 Å². The van der Waals surface area contributed by atoms with Crippen LogP contribution in [0, 0.1) is 13.8 Å². The van der Waals surface area contributed by atoms with Crippen LogP contribution in [0.2, 0.25) is 0 Å². The summed E-state index contributed by atoms with van der Waals surface area (Å²) in [7, 11) is -3.67. The number of rotatable bonds is 2. The van der Waals surface area contributed by atoms with Gasteiger partial charge in [0.15, 0.2) is 0 Å². The van der Waals surface area contributed by atoms with E-state index in [1.165, 1.54) is 12.1 Å². The zero-order valence-corrected chi connectivity index (χ0v) is 10.9. The standard InChI is InChI=1S/C11H14N4O2S/c1-7-11(12)8(2)15(14-7)9-3-5-10(6-4-9)18(13,16)17/h3-6H,12H2,1-2H3,(H2,13,16,17). The van der Waals surface area contributed by atoms with Gasteiger partial charge in [0.25, 0.3) is 0 Å². The number of benzene rings is 1. The van der Waals surface area contributed by atoms with E-state index < -0.39 is 10.0 Å². The van der Waals surface area contributed by atoms with Crippen LogP contribution in [-0.2, 0) is 10.0 Å². The van der Waals surface area contributed by atoms with Crippen LogP contribution in [0.15, 0.2) is 29.2 Å². The Morgan fingerprint density at radius 2 is 1.72 bits per heavy atom. The molecule has 0 aliphatic rings. The Hall–Kier alpha value is -1.86. The number of anilines is 1. The van der Waals surface area contributed by atoms with Crippen molar-refractivity contribution in [1.82, 2.24) is 9.78 Å². The van der Waals surface area contributed by atoms with Crippen molar-refractivity contribution in [2.45, 2.75) is 18.7 Å². The Balaban J connectivity index is 2.50. The SMILES string of the molecule is Cc1nn(-c2ccc(S(N)(=O)=O)cc2)c(C)c1N. The fourth-order valence-corrected chi connectivity index (χ4v) is 2.20. The fourth-order valence-electron chi connectivity index (χ4n) is 1.68. The molecule has 0 aliphatic heterocycles. The number of primary sulfonamides is 1. The molecule has 0 unspecified atom stereocenters. The lowest BCUT2D eigenvalue weighted by Crippen LogP contribution is -2.12. The molecule has 6 nitrogen and oxygen atoms in total. The van der Waals surface area contributed by atoms with Crippen LogP contribution in [0.25, 0.3) is 5.69 Å². The Morgan fingerprint density at radius 3 is 2.11 bits per heavy atom. The zero-order chi connectivity index (χ0) is 13.5. The van der Waals surface area contributed by atoms with Crippen molar-refractivity contribution in [3.05, 3.63) is 35.7 Å². The van der Waals surface area contributed by atoms with E-state index in [-0.39, 0.29) is 4.90 Å². The highest BCUT2D eigenvalue weighted by molar-refractivity contribution is 7.89. The maximum absolute atomic E-state index is 11.1. The number of aromatic nitrogens is 2. The topological polar surface area (TPSA) is 104 Å². The number of hydrogen-bond donors (Lipinski definition) is 2. The van der Waals surface area contributed by atoms with Crippen molar-refractivity contribution in [3.8, 4) is 5.69 Å². The Bertz CT molecular complexity index is 687. The van der Waals surface area contributed by atoms with E-state index in [9.17, 15) is 8.42 Å². The van der Waals surface area contributed by atoms with Crippen LogP contribution in [0.4, 0.5) is 5.69 Å². The van der Waals surface area contributed by atoms with Gasteiger partial charge in [0.05, 0.1) is 27.7 Å². The van der Waals surface area contributed by atoms with Crippen molar-refractivity contribution in [2.24, 2.45) is 5.14 Å². The molecule has 1 aromatic heterocycles. The Labute approximate surface area is 105 Å². The molecule has 2 rings (SSSR count). The Morgan fingerprint density at radius 1 is 1.17 bits per heavy atom. The van der Waals surface area contributed by atoms with E-state index in [0.717, 1.165) is 17.1 Å².